The van der Waals surface area contributed by atoms with Gasteiger partial charge >= 0.3 is 0 Å². The predicted molar refractivity (Wildman–Crippen MR) is 75.9 cm³/mol. The average molecular weight is 273 g/mol. The number of fused-ring (bicyclic) bond motifs is 1. The first-order chi connectivity index (χ1) is 7.65. The first-order valence-corrected chi connectivity index (χ1v) is 6.51. The summed E-state index contributed by atoms with van der Waals surface area (Å²) in [6.07, 6.45) is -0.253. The monoisotopic (exact) mass is 272 g/mol. The number of aromatic nitrogens is 2. The van der Waals surface area contributed by atoms with Crippen molar-refractivity contribution in [2.75, 3.05) is 5.75 Å². The molecule has 0 saturated carbocycles. The minimum Gasteiger partial charge on any atom is -0.393 e. The molecule has 1 aromatic heterocycles. The zero-order chi connectivity index (χ0) is 11.5. The number of benzene rings is 1. The molecule has 0 bridgehead atoms. The Kier molecular flexibility index (Phi) is 5.31. The maximum atomic E-state index is 9.16. The molecule has 94 valence electrons. The molecule has 0 aliphatic heterocycles. The fraction of sp³-hybridized carbons (Fsp3) is 0.417. The van der Waals surface area contributed by atoms with Gasteiger partial charge in [0.05, 0.1) is 22.9 Å². The van der Waals surface area contributed by atoms with E-state index in [1.807, 2.05) is 6.07 Å². The number of aromatic amines is 1. The third kappa shape index (κ3) is 3.91. The highest BCUT2D eigenvalue weighted by molar-refractivity contribution is 7.98. The molecule has 1 heterocycles. The molecule has 2 aromatic rings. The van der Waals surface area contributed by atoms with Crippen molar-refractivity contribution in [3.05, 3.63) is 29.6 Å². The SMILES string of the molecule is Cc1ccc2nc(CSCC(C)O)[nH]c2c1.Cl. The van der Waals surface area contributed by atoms with Crippen molar-refractivity contribution in [1.29, 1.82) is 0 Å². The number of hydrogen-bond donors (Lipinski definition) is 2. The highest BCUT2D eigenvalue weighted by atomic mass is 35.5. The van der Waals surface area contributed by atoms with E-state index < -0.39 is 0 Å². The predicted octanol–water partition coefficient (Wildman–Crippen LogP) is 2.91. The average Bonchev–Trinajstić information content (AvgIpc) is 2.58. The first kappa shape index (κ1) is 14.4. The van der Waals surface area contributed by atoms with Gasteiger partial charge in [-0.1, -0.05) is 6.07 Å². The third-order valence-electron chi connectivity index (χ3n) is 2.28. The van der Waals surface area contributed by atoms with Gasteiger partial charge in [-0.05, 0) is 31.5 Å². The zero-order valence-corrected chi connectivity index (χ0v) is 11.6. The number of rotatable bonds is 4. The Hall–Kier alpha value is -0.710. The largest absolute Gasteiger partial charge is 0.393 e. The Labute approximate surface area is 111 Å². The number of imidazole rings is 1. The van der Waals surface area contributed by atoms with Gasteiger partial charge < -0.3 is 10.1 Å². The number of H-pyrrole nitrogens is 1. The molecule has 1 unspecified atom stereocenters. The van der Waals surface area contributed by atoms with Gasteiger partial charge in [0.15, 0.2) is 0 Å². The molecule has 0 aliphatic carbocycles. The number of thioether (sulfide) groups is 1. The molecule has 0 fully saturated rings. The van der Waals surface area contributed by atoms with Crippen LogP contribution < -0.4 is 0 Å². The fourth-order valence-electron chi connectivity index (χ4n) is 1.57. The quantitative estimate of drug-likeness (QED) is 0.900. The Balaban J connectivity index is 0.00000144. The molecular formula is C12H17ClN2OS. The first-order valence-electron chi connectivity index (χ1n) is 5.36. The Morgan fingerprint density at radius 3 is 2.94 bits per heavy atom. The van der Waals surface area contributed by atoms with Crippen LogP contribution in [0, 0.1) is 6.92 Å². The van der Waals surface area contributed by atoms with E-state index in [0.29, 0.717) is 0 Å². The van der Waals surface area contributed by atoms with Crippen LogP contribution in [0.2, 0.25) is 0 Å². The van der Waals surface area contributed by atoms with E-state index in [-0.39, 0.29) is 18.5 Å². The second-order valence-electron chi connectivity index (χ2n) is 4.07. The molecular weight excluding hydrogens is 256 g/mol. The highest BCUT2D eigenvalue weighted by Gasteiger charge is 2.03. The van der Waals surface area contributed by atoms with E-state index in [1.54, 1.807) is 18.7 Å². The molecule has 2 rings (SSSR count). The van der Waals surface area contributed by atoms with Crippen LogP contribution in [-0.4, -0.2) is 26.9 Å². The minimum atomic E-state index is -0.253. The molecule has 0 radical (unpaired) electrons. The molecule has 0 saturated heterocycles. The van der Waals surface area contributed by atoms with Gasteiger partial charge in [0.2, 0.25) is 0 Å². The van der Waals surface area contributed by atoms with Crippen molar-refractivity contribution in [3.8, 4) is 0 Å². The molecule has 0 spiro atoms. The van der Waals surface area contributed by atoms with Gasteiger partial charge in [0.1, 0.15) is 5.82 Å². The van der Waals surface area contributed by atoms with E-state index in [9.17, 15) is 0 Å². The lowest BCUT2D eigenvalue weighted by Crippen LogP contribution is -2.03. The normalized spacial score (nSPS) is 12.4. The summed E-state index contributed by atoms with van der Waals surface area (Å²) in [5, 5.41) is 9.16. The fourth-order valence-corrected chi connectivity index (χ4v) is 2.36. The van der Waals surface area contributed by atoms with Gasteiger partial charge in [-0.3, -0.25) is 0 Å². The molecule has 2 N–H and O–H groups in total. The van der Waals surface area contributed by atoms with Gasteiger partial charge in [-0.25, -0.2) is 4.98 Å². The van der Waals surface area contributed by atoms with Crippen molar-refractivity contribution >= 4 is 35.2 Å². The number of aliphatic hydroxyl groups excluding tert-OH is 1. The summed E-state index contributed by atoms with van der Waals surface area (Å²) in [5.41, 5.74) is 3.34. The van der Waals surface area contributed by atoms with Crippen LogP contribution in [0.25, 0.3) is 11.0 Å². The van der Waals surface area contributed by atoms with E-state index >= 15 is 0 Å². The lowest BCUT2D eigenvalue weighted by molar-refractivity contribution is 0.220. The van der Waals surface area contributed by atoms with E-state index in [2.05, 4.69) is 29.0 Å². The van der Waals surface area contributed by atoms with Crippen LogP contribution >= 0.6 is 24.2 Å². The molecule has 5 heteroatoms. The summed E-state index contributed by atoms with van der Waals surface area (Å²) in [4.78, 5) is 7.79. The van der Waals surface area contributed by atoms with Crippen LogP contribution in [0.1, 0.15) is 18.3 Å². The summed E-state index contributed by atoms with van der Waals surface area (Å²) in [5.74, 6) is 2.54. The number of halogens is 1. The number of aliphatic hydroxyl groups is 1. The van der Waals surface area contributed by atoms with Gasteiger partial charge in [0, 0.05) is 5.75 Å². The molecule has 3 nitrogen and oxygen atoms in total. The van der Waals surface area contributed by atoms with E-state index in [0.717, 1.165) is 28.4 Å². The summed E-state index contributed by atoms with van der Waals surface area (Å²) in [6.45, 7) is 3.87. The second-order valence-corrected chi connectivity index (χ2v) is 5.10. The van der Waals surface area contributed by atoms with Crippen molar-refractivity contribution in [1.82, 2.24) is 9.97 Å². The lowest BCUT2D eigenvalue weighted by Gasteiger charge is -2.01. The minimum absolute atomic E-state index is 0. The Bertz CT molecular complexity index is 484. The molecule has 1 aromatic carbocycles. The van der Waals surface area contributed by atoms with Gasteiger partial charge in [-0.15, -0.1) is 12.4 Å². The summed E-state index contributed by atoms with van der Waals surface area (Å²) in [7, 11) is 0. The van der Waals surface area contributed by atoms with Crippen LogP contribution in [0.4, 0.5) is 0 Å². The van der Waals surface area contributed by atoms with Crippen molar-refractivity contribution in [3.63, 3.8) is 0 Å². The summed E-state index contributed by atoms with van der Waals surface area (Å²) >= 11 is 1.69. The molecule has 0 amide bonds. The van der Waals surface area contributed by atoms with E-state index in [4.69, 9.17) is 5.11 Å². The molecule has 17 heavy (non-hydrogen) atoms. The van der Waals surface area contributed by atoms with Crippen LogP contribution in [0.5, 0.6) is 0 Å². The summed E-state index contributed by atoms with van der Waals surface area (Å²) < 4.78 is 0. The smallest absolute Gasteiger partial charge is 0.117 e. The lowest BCUT2D eigenvalue weighted by atomic mass is 10.2. The maximum Gasteiger partial charge on any atom is 0.117 e. The van der Waals surface area contributed by atoms with Gasteiger partial charge in [0.25, 0.3) is 0 Å². The number of nitrogens with zero attached hydrogens (tertiary/aromatic N) is 1. The van der Waals surface area contributed by atoms with Gasteiger partial charge in [-0.2, -0.15) is 11.8 Å². The van der Waals surface area contributed by atoms with E-state index in [1.165, 1.54) is 5.56 Å². The number of aryl methyl sites for hydroxylation is 1. The van der Waals surface area contributed by atoms with Crippen LogP contribution in [-0.2, 0) is 5.75 Å². The third-order valence-corrected chi connectivity index (χ3v) is 3.48. The van der Waals surface area contributed by atoms with Crippen LogP contribution in [0.15, 0.2) is 18.2 Å². The Morgan fingerprint density at radius 2 is 2.24 bits per heavy atom. The van der Waals surface area contributed by atoms with Crippen molar-refractivity contribution < 1.29 is 5.11 Å². The maximum absolute atomic E-state index is 9.16. The molecule has 0 aliphatic rings. The Morgan fingerprint density at radius 1 is 1.47 bits per heavy atom. The highest BCUT2D eigenvalue weighted by Crippen LogP contribution is 2.17. The topological polar surface area (TPSA) is 48.9 Å². The number of hydrogen-bond acceptors (Lipinski definition) is 3. The number of nitrogens with one attached hydrogen (secondary N) is 1. The van der Waals surface area contributed by atoms with Crippen molar-refractivity contribution in [2.45, 2.75) is 25.7 Å². The second kappa shape index (κ2) is 6.28. The molecule has 1 atom stereocenters. The standard InChI is InChI=1S/C12H16N2OS.ClH/c1-8-3-4-10-11(5-8)14-12(13-10)7-16-6-9(2)15;/h3-5,9,15H,6-7H2,1-2H3,(H,13,14);1H. The van der Waals surface area contributed by atoms with Crippen LogP contribution in [0.3, 0.4) is 0 Å². The van der Waals surface area contributed by atoms with Crippen molar-refractivity contribution in [2.24, 2.45) is 0 Å². The zero-order valence-electron chi connectivity index (χ0n) is 9.93. The summed E-state index contributed by atoms with van der Waals surface area (Å²) in [6, 6.07) is 6.20.